The van der Waals surface area contributed by atoms with Gasteiger partial charge in [0.2, 0.25) is 11.5 Å². The molecule has 2 aromatic carbocycles. The van der Waals surface area contributed by atoms with Crippen molar-refractivity contribution in [3.05, 3.63) is 41.2 Å². The summed E-state index contributed by atoms with van der Waals surface area (Å²) >= 11 is 0. The quantitative estimate of drug-likeness (QED) is 0.278. The Labute approximate surface area is 197 Å². The van der Waals surface area contributed by atoms with Gasteiger partial charge in [-0.2, -0.15) is 0 Å². The van der Waals surface area contributed by atoms with Crippen molar-refractivity contribution < 1.29 is 67.1 Å². The van der Waals surface area contributed by atoms with Crippen molar-refractivity contribution in [2.45, 2.75) is 6.92 Å². The van der Waals surface area contributed by atoms with Gasteiger partial charge in [-0.1, -0.05) is 0 Å². The van der Waals surface area contributed by atoms with Crippen molar-refractivity contribution >= 4 is 25.8 Å². The van der Waals surface area contributed by atoms with Crippen LogP contribution in [0.15, 0.2) is 28.7 Å². The maximum atomic E-state index is 13.4. The van der Waals surface area contributed by atoms with Crippen LogP contribution in [-0.2, 0) is 0 Å². The summed E-state index contributed by atoms with van der Waals surface area (Å²) in [4.78, 5) is 24.4. The zero-order chi connectivity index (χ0) is 21.1. The summed E-state index contributed by atoms with van der Waals surface area (Å²) in [5, 5.41) is 0.510. The molecule has 0 amide bonds. The van der Waals surface area contributed by atoms with E-state index < -0.39 is 9.03 Å². The third kappa shape index (κ3) is 4.24. The number of carbonyl (C=O) groups excluding carboxylic acids is 1. The molecule has 1 atom stereocenters. The van der Waals surface area contributed by atoms with E-state index in [1.807, 2.05) is 0 Å². The molecule has 0 fully saturated rings. The summed E-state index contributed by atoms with van der Waals surface area (Å²) in [7, 11) is 4.84. The van der Waals surface area contributed by atoms with Crippen LogP contribution in [0.4, 0.5) is 0 Å². The summed E-state index contributed by atoms with van der Waals surface area (Å²) in [5.74, 6) is 1.70. The fourth-order valence-corrected chi connectivity index (χ4v) is 3.45. The molecular formula is C20H20NaO8P. The number of rotatable bonds is 8. The third-order valence-corrected chi connectivity index (χ3v) is 4.76. The Kier molecular flexibility index (Phi) is 8.41. The summed E-state index contributed by atoms with van der Waals surface area (Å²) in [5.41, 5.74) is 0.950. The number of hydrogen-bond acceptors (Lipinski definition) is 8. The zero-order valence-electron chi connectivity index (χ0n) is 17.6. The van der Waals surface area contributed by atoms with Crippen LogP contribution in [0.1, 0.15) is 21.7 Å². The molecular weight excluding hydrogens is 422 g/mol. The molecule has 0 radical (unpaired) electrons. The van der Waals surface area contributed by atoms with Gasteiger partial charge in [-0.3, -0.25) is 4.79 Å². The average molecular weight is 442 g/mol. The first kappa shape index (κ1) is 24.3. The molecule has 0 spiro atoms. The second-order valence-electron chi connectivity index (χ2n) is 5.94. The molecule has 10 heteroatoms. The maximum Gasteiger partial charge on any atom is 1.00 e. The van der Waals surface area contributed by atoms with Gasteiger partial charge in [0.15, 0.2) is 28.6 Å². The predicted octanol–water partition coefficient (Wildman–Crippen LogP) is 0.258. The summed E-state index contributed by atoms with van der Waals surface area (Å²) < 4.78 is 32.2. The van der Waals surface area contributed by atoms with Gasteiger partial charge in [0.1, 0.15) is 5.76 Å². The Morgan fingerprint density at radius 2 is 1.53 bits per heavy atom. The molecule has 154 valence electrons. The predicted molar refractivity (Wildman–Crippen MR) is 106 cm³/mol. The molecule has 0 saturated heterocycles. The van der Waals surface area contributed by atoms with Gasteiger partial charge in [0.05, 0.1) is 34.0 Å². The zero-order valence-corrected chi connectivity index (χ0v) is 20.6. The number of ether oxygens (including phenoxy) is 4. The monoisotopic (exact) mass is 442 g/mol. The number of ketones is 1. The van der Waals surface area contributed by atoms with Crippen LogP contribution in [0.2, 0.25) is 0 Å². The Morgan fingerprint density at radius 3 is 2.03 bits per heavy atom. The van der Waals surface area contributed by atoms with Crippen LogP contribution in [-0.4, -0.2) is 34.2 Å². The van der Waals surface area contributed by atoms with Crippen molar-refractivity contribution in [1.29, 1.82) is 0 Å². The second-order valence-corrected chi connectivity index (χ2v) is 6.31. The Balaban J connectivity index is 0.00000320. The molecule has 8 nitrogen and oxygen atoms in total. The molecule has 3 rings (SSSR count). The molecule has 30 heavy (non-hydrogen) atoms. The molecule has 0 aliphatic carbocycles. The smallest absolute Gasteiger partial charge is 0.801 e. The van der Waals surface area contributed by atoms with Gasteiger partial charge in [-0.05, 0) is 40.2 Å². The standard InChI is InChI=1S/C20H20O8P.Na/c1-10-16(12-6-7-13(23-2)20(28-29-22)18(12)27-10)17(21)11-8-14(24-3)19(26-5)15(9-11)25-4;/h6-9,29H,1-5H3;/q-1;+1. The van der Waals surface area contributed by atoms with Crippen LogP contribution >= 0.6 is 9.03 Å². The topological polar surface area (TPSA) is 99.4 Å². The largest absolute Gasteiger partial charge is 1.00 e. The normalized spacial score (nSPS) is 10.7. The number of furan rings is 1. The van der Waals surface area contributed by atoms with E-state index in [9.17, 15) is 9.69 Å². The summed E-state index contributed by atoms with van der Waals surface area (Å²) in [6, 6.07) is 6.46. The van der Waals surface area contributed by atoms with Crippen molar-refractivity contribution in [2.24, 2.45) is 0 Å². The SMILES string of the molecule is COc1cc(C(=O)c2c(C)oc3c(OP[O-])c(OC)ccc23)cc(OC)c1OC.[Na+]. The molecule has 1 unspecified atom stereocenters. The van der Waals surface area contributed by atoms with Gasteiger partial charge in [-0.25, -0.2) is 0 Å². The molecule has 1 heterocycles. The Morgan fingerprint density at radius 1 is 0.933 bits per heavy atom. The third-order valence-electron chi connectivity index (χ3n) is 4.47. The van der Waals surface area contributed by atoms with E-state index in [1.54, 1.807) is 31.2 Å². The maximum absolute atomic E-state index is 13.4. The number of carbonyl (C=O) groups is 1. The van der Waals surface area contributed by atoms with E-state index in [2.05, 4.69) is 0 Å². The van der Waals surface area contributed by atoms with E-state index >= 15 is 0 Å². The van der Waals surface area contributed by atoms with Gasteiger partial charge in [0.25, 0.3) is 0 Å². The number of hydrogen-bond donors (Lipinski definition) is 0. The van der Waals surface area contributed by atoms with Crippen LogP contribution in [0, 0.1) is 6.92 Å². The van der Waals surface area contributed by atoms with Crippen molar-refractivity contribution in [3.8, 4) is 28.7 Å². The molecule has 0 aliphatic rings. The van der Waals surface area contributed by atoms with E-state index in [4.69, 9.17) is 27.9 Å². The molecule has 0 aliphatic heterocycles. The van der Waals surface area contributed by atoms with Gasteiger partial charge in [0, 0.05) is 10.9 Å². The van der Waals surface area contributed by atoms with Crippen LogP contribution < -0.4 is 57.9 Å². The number of methoxy groups -OCH3 is 4. The van der Waals surface area contributed by atoms with Crippen molar-refractivity contribution in [2.75, 3.05) is 28.4 Å². The molecule has 0 bridgehead atoms. The first-order valence-electron chi connectivity index (χ1n) is 8.49. The number of fused-ring (bicyclic) bond motifs is 1. The van der Waals surface area contributed by atoms with Crippen LogP contribution in [0.25, 0.3) is 11.0 Å². The fraction of sp³-hybridized carbons (Fsp3) is 0.250. The van der Waals surface area contributed by atoms with Crippen LogP contribution in [0.3, 0.4) is 0 Å². The van der Waals surface area contributed by atoms with E-state index in [0.717, 1.165) is 0 Å². The van der Waals surface area contributed by atoms with Gasteiger partial charge >= 0.3 is 29.6 Å². The van der Waals surface area contributed by atoms with E-state index in [-0.39, 0.29) is 46.7 Å². The van der Waals surface area contributed by atoms with Crippen molar-refractivity contribution in [1.82, 2.24) is 0 Å². The minimum absolute atomic E-state index is 0. The number of aryl methyl sites for hydroxylation is 1. The Bertz CT molecular complexity index is 1040. The average Bonchev–Trinajstić information content (AvgIpc) is 3.08. The first-order valence-corrected chi connectivity index (χ1v) is 9.31. The van der Waals surface area contributed by atoms with Crippen LogP contribution in [0.5, 0.6) is 28.7 Å². The minimum atomic E-state index is -1.06. The fourth-order valence-electron chi connectivity index (χ4n) is 3.17. The molecule has 3 aromatic rings. The van der Waals surface area contributed by atoms with E-state index in [1.165, 1.54) is 28.4 Å². The van der Waals surface area contributed by atoms with Gasteiger partial charge in [-0.15, -0.1) is 0 Å². The summed E-state index contributed by atoms with van der Waals surface area (Å²) in [6.45, 7) is 1.67. The molecule has 0 N–H and O–H groups in total. The minimum Gasteiger partial charge on any atom is -0.801 e. The summed E-state index contributed by atoms with van der Waals surface area (Å²) in [6.07, 6.45) is 0. The van der Waals surface area contributed by atoms with Crippen molar-refractivity contribution in [3.63, 3.8) is 0 Å². The van der Waals surface area contributed by atoms with Gasteiger partial charge < -0.3 is 32.8 Å². The Hall–Kier alpha value is -1.96. The first-order chi connectivity index (χ1) is 14.0. The van der Waals surface area contributed by atoms with E-state index in [0.29, 0.717) is 45.3 Å². The molecule has 0 saturated carbocycles. The second kappa shape index (κ2) is 10.4. The number of benzene rings is 2. The molecule has 1 aromatic heterocycles.